The van der Waals surface area contributed by atoms with E-state index >= 15 is 0 Å². The molecule has 8 heteroatoms. The average Bonchev–Trinajstić information content (AvgIpc) is 3.25. The Balaban J connectivity index is 1.40. The fourth-order valence-corrected chi connectivity index (χ4v) is 3.38. The van der Waals surface area contributed by atoms with E-state index in [1.54, 1.807) is 48.0 Å². The van der Waals surface area contributed by atoms with Crippen molar-refractivity contribution in [3.8, 4) is 0 Å². The number of imidazole rings is 1. The van der Waals surface area contributed by atoms with Gasteiger partial charge < -0.3 is 14.0 Å². The number of hydrogen-bond acceptors (Lipinski definition) is 4. The van der Waals surface area contributed by atoms with Crippen LogP contribution in [0.3, 0.4) is 0 Å². The van der Waals surface area contributed by atoms with Crippen LogP contribution in [0.1, 0.15) is 17.7 Å². The molecule has 0 bridgehead atoms. The number of amides is 1. The van der Waals surface area contributed by atoms with Crippen molar-refractivity contribution in [2.45, 2.75) is 20.0 Å². The lowest BCUT2D eigenvalue weighted by atomic mass is 10.1. The molecule has 0 spiro atoms. The van der Waals surface area contributed by atoms with Crippen molar-refractivity contribution in [3.05, 3.63) is 64.8 Å². The number of rotatable bonds is 4. The number of carbonyl (C=O) groups is 2. The molecular formula is C20H17ClFN3O3. The third-order valence-electron chi connectivity index (χ3n) is 4.75. The van der Waals surface area contributed by atoms with Crippen LogP contribution in [0.2, 0.25) is 5.02 Å². The highest BCUT2D eigenvalue weighted by Gasteiger charge is 2.36. The highest BCUT2D eigenvalue weighted by atomic mass is 35.5. The molecule has 144 valence electrons. The van der Waals surface area contributed by atoms with Crippen molar-refractivity contribution in [2.24, 2.45) is 5.92 Å². The van der Waals surface area contributed by atoms with E-state index in [-0.39, 0.29) is 31.3 Å². The maximum absolute atomic E-state index is 13.8. The van der Waals surface area contributed by atoms with Gasteiger partial charge in [-0.05, 0) is 36.8 Å². The molecule has 0 radical (unpaired) electrons. The summed E-state index contributed by atoms with van der Waals surface area (Å²) in [5.41, 5.74) is 2.22. The minimum atomic E-state index is -0.594. The maximum atomic E-state index is 13.8. The van der Waals surface area contributed by atoms with E-state index in [0.29, 0.717) is 27.6 Å². The van der Waals surface area contributed by atoms with E-state index in [1.165, 1.54) is 11.0 Å². The van der Waals surface area contributed by atoms with Crippen LogP contribution in [-0.2, 0) is 20.9 Å². The Kier molecular flexibility index (Phi) is 4.77. The van der Waals surface area contributed by atoms with Crippen molar-refractivity contribution in [1.82, 2.24) is 9.38 Å². The number of ether oxygens (including phenoxy) is 1. The number of pyridine rings is 1. The number of anilines is 1. The summed E-state index contributed by atoms with van der Waals surface area (Å²) >= 11 is 5.94. The van der Waals surface area contributed by atoms with Gasteiger partial charge in [0.1, 0.15) is 18.1 Å². The Morgan fingerprint density at radius 2 is 2.14 bits per heavy atom. The van der Waals surface area contributed by atoms with Crippen molar-refractivity contribution < 1.29 is 18.7 Å². The summed E-state index contributed by atoms with van der Waals surface area (Å²) in [6, 6.07) is 8.09. The Morgan fingerprint density at radius 1 is 1.32 bits per heavy atom. The second kappa shape index (κ2) is 7.24. The monoisotopic (exact) mass is 401 g/mol. The number of halogens is 2. The van der Waals surface area contributed by atoms with Crippen molar-refractivity contribution >= 4 is 34.8 Å². The minimum Gasteiger partial charge on any atom is -0.459 e. The second-order valence-corrected chi connectivity index (χ2v) is 7.23. The lowest BCUT2D eigenvalue weighted by molar-refractivity contribution is -0.149. The molecule has 0 aliphatic carbocycles. The first kappa shape index (κ1) is 18.4. The summed E-state index contributed by atoms with van der Waals surface area (Å²) in [5, 5.41) is 0.575. The molecule has 1 fully saturated rings. The van der Waals surface area contributed by atoms with E-state index in [2.05, 4.69) is 4.98 Å². The van der Waals surface area contributed by atoms with E-state index < -0.39 is 11.9 Å². The largest absolute Gasteiger partial charge is 0.459 e. The smallest absolute Gasteiger partial charge is 0.311 e. The number of esters is 1. The molecule has 0 saturated carbocycles. The predicted molar refractivity (Wildman–Crippen MR) is 102 cm³/mol. The first-order valence-electron chi connectivity index (χ1n) is 8.77. The Bertz CT molecular complexity index is 1080. The lowest BCUT2D eigenvalue weighted by Crippen LogP contribution is -2.26. The first-order valence-corrected chi connectivity index (χ1v) is 9.15. The summed E-state index contributed by atoms with van der Waals surface area (Å²) in [6.07, 6.45) is 3.48. The fraction of sp³-hybridized carbons (Fsp3) is 0.250. The van der Waals surface area contributed by atoms with Gasteiger partial charge in [0.15, 0.2) is 0 Å². The number of aromatic nitrogens is 2. The van der Waals surface area contributed by atoms with Gasteiger partial charge in [-0.3, -0.25) is 9.59 Å². The van der Waals surface area contributed by atoms with E-state index in [1.807, 2.05) is 0 Å². The molecule has 0 unspecified atom stereocenters. The van der Waals surface area contributed by atoms with E-state index in [9.17, 15) is 14.0 Å². The van der Waals surface area contributed by atoms with Crippen LogP contribution in [0.15, 0.2) is 42.7 Å². The van der Waals surface area contributed by atoms with Gasteiger partial charge in [-0.25, -0.2) is 9.37 Å². The van der Waals surface area contributed by atoms with Gasteiger partial charge in [-0.2, -0.15) is 0 Å². The molecule has 1 aliphatic rings. The van der Waals surface area contributed by atoms with Gasteiger partial charge in [0.05, 0.1) is 16.6 Å². The fourth-order valence-electron chi connectivity index (χ4n) is 3.21. The molecule has 0 N–H and O–H groups in total. The number of carbonyl (C=O) groups excluding carboxylic acids is 2. The highest BCUT2D eigenvalue weighted by Crippen LogP contribution is 2.27. The molecule has 3 aromatic rings. The molecule has 2 aromatic heterocycles. The highest BCUT2D eigenvalue weighted by molar-refractivity contribution is 6.30. The summed E-state index contributed by atoms with van der Waals surface area (Å²) in [6.45, 7) is 1.82. The number of aryl methyl sites for hydroxylation is 1. The van der Waals surface area contributed by atoms with Gasteiger partial charge in [-0.1, -0.05) is 17.7 Å². The molecule has 1 saturated heterocycles. The zero-order chi connectivity index (χ0) is 19.8. The molecule has 1 aliphatic heterocycles. The summed E-state index contributed by atoms with van der Waals surface area (Å²) < 4.78 is 20.9. The number of nitrogens with zero attached hydrogens (tertiary/aromatic N) is 3. The average molecular weight is 402 g/mol. The normalized spacial score (nSPS) is 16.8. The number of benzene rings is 1. The van der Waals surface area contributed by atoms with Gasteiger partial charge in [0.2, 0.25) is 5.91 Å². The zero-order valence-electron chi connectivity index (χ0n) is 15.1. The van der Waals surface area contributed by atoms with Gasteiger partial charge >= 0.3 is 5.97 Å². The van der Waals surface area contributed by atoms with Crippen LogP contribution in [0.5, 0.6) is 0 Å². The van der Waals surface area contributed by atoms with Gasteiger partial charge in [-0.15, -0.1) is 0 Å². The minimum absolute atomic E-state index is 0.00197. The van der Waals surface area contributed by atoms with Crippen LogP contribution in [0.25, 0.3) is 5.65 Å². The topological polar surface area (TPSA) is 63.9 Å². The van der Waals surface area contributed by atoms with Crippen molar-refractivity contribution in [1.29, 1.82) is 0 Å². The molecule has 1 aromatic carbocycles. The molecule has 6 nitrogen and oxygen atoms in total. The van der Waals surface area contributed by atoms with Crippen LogP contribution >= 0.6 is 11.6 Å². The summed E-state index contributed by atoms with van der Waals surface area (Å²) in [4.78, 5) is 30.5. The lowest BCUT2D eigenvalue weighted by Gasteiger charge is -2.17. The van der Waals surface area contributed by atoms with Crippen LogP contribution in [0.4, 0.5) is 10.1 Å². The quantitative estimate of drug-likeness (QED) is 0.627. The van der Waals surface area contributed by atoms with E-state index in [0.717, 1.165) is 0 Å². The molecule has 1 amide bonds. The maximum Gasteiger partial charge on any atom is 0.311 e. The van der Waals surface area contributed by atoms with Crippen molar-refractivity contribution in [3.63, 3.8) is 0 Å². The molecule has 1 atom stereocenters. The summed E-state index contributed by atoms with van der Waals surface area (Å²) in [7, 11) is 0. The van der Waals surface area contributed by atoms with Gasteiger partial charge in [0.25, 0.3) is 0 Å². The first-order chi connectivity index (χ1) is 13.4. The Hall–Kier alpha value is -2.93. The molecule has 28 heavy (non-hydrogen) atoms. The Morgan fingerprint density at radius 3 is 2.93 bits per heavy atom. The zero-order valence-corrected chi connectivity index (χ0v) is 15.8. The molecular weight excluding hydrogens is 385 g/mol. The molecule has 4 rings (SSSR count). The number of hydrogen-bond donors (Lipinski definition) is 0. The third-order valence-corrected chi connectivity index (χ3v) is 4.98. The van der Waals surface area contributed by atoms with E-state index in [4.69, 9.17) is 16.3 Å². The van der Waals surface area contributed by atoms with Gasteiger partial charge in [0, 0.05) is 31.0 Å². The van der Waals surface area contributed by atoms with Crippen molar-refractivity contribution in [2.75, 3.05) is 11.4 Å². The summed E-state index contributed by atoms with van der Waals surface area (Å²) in [5.74, 6) is -1.68. The third kappa shape index (κ3) is 3.57. The molecule has 3 heterocycles. The van der Waals surface area contributed by atoms with Crippen LogP contribution < -0.4 is 4.90 Å². The van der Waals surface area contributed by atoms with Crippen LogP contribution in [-0.4, -0.2) is 27.8 Å². The second-order valence-electron chi connectivity index (χ2n) is 6.79. The Labute approximate surface area is 165 Å². The predicted octanol–water partition coefficient (Wildman–Crippen LogP) is 3.53. The standard InChI is InChI=1S/C20H17ClFN3O3/c1-12-2-4-16(7-17(12)22)25-8-13(6-19(25)26)20(27)28-11-15-10-24-9-14(21)3-5-18(24)23-15/h2-5,7,9-10,13H,6,8,11H2,1H3/t13-/m1/s1. The van der Waals surface area contributed by atoms with Crippen LogP contribution in [0, 0.1) is 18.7 Å². The SMILES string of the molecule is Cc1ccc(N2C[C@H](C(=O)OCc3cn4cc(Cl)ccc4n3)CC2=O)cc1F. The number of fused-ring (bicyclic) bond motifs is 1.